The van der Waals surface area contributed by atoms with E-state index >= 15 is 0 Å². The first-order chi connectivity index (χ1) is 9.08. The summed E-state index contributed by atoms with van der Waals surface area (Å²) in [7, 11) is 1.73. The molecule has 2 aromatic rings. The average Bonchev–Trinajstić information content (AvgIpc) is 2.83. The van der Waals surface area contributed by atoms with Crippen molar-refractivity contribution in [3.63, 3.8) is 0 Å². The Bertz CT molecular complexity index is 604. The van der Waals surface area contributed by atoms with E-state index in [1.807, 2.05) is 0 Å². The van der Waals surface area contributed by atoms with E-state index in [0.29, 0.717) is 5.69 Å². The summed E-state index contributed by atoms with van der Waals surface area (Å²) in [6.45, 7) is 0.275. The summed E-state index contributed by atoms with van der Waals surface area (Å²) in [6, 6.07) is 3.01. The van der Waals surface area contributed by atoms with Gasteiger partial charge in [-0.2, -0.15) is 0 Å². The summed E-state index contributed by atoms with van der Waals surface area (Å²) in [4.78, 5) is 30.0. The summed E-state index contributed by atoms with van der Waals surface area (Å²) >= 11 is 0. The number of imidazole rings is 1. The smallest absolute Gasteiger partial charge is 0.354 e. The number of nitrogens with zero attached hydrogens (tertiary/aromatic N) is 3. The quantitative estimate of drug-likeness (QED) is 0.831. The summed E-state index contributed by atoms with van der Waals surface area (Å²) in [5.41, 5.74) is 1.15. The highest BCUT2D eigenvalue weighted by Crippen LogP contribution is 2.01. The Hall–Kier alpha value is -2.70. The summed E-state index contributed by atoms with van der Waals surface area (Å²) in [6.07, 6.45) is 4.44. The third-order valence-corrected chi connectivity index (χ3v) is 2.55. The molecule has 0 unspecified atom stereocenters. The first kappa shape index (κ1) is 12.7. The monoisotopic (exact) mass is 260 g/mol. The van der Waals surface area contributed by atoms with Gasteiger partial charge in [0.25, 0.3) is 5.91 Å². The minimum absolute atomic E-state index is 0.0262. The van der Waals surface area contributed by atoms with Crippen molar-refractivity contribution in [2.45, 2.75) is 6.54 Å². The minimum atomic E-state index is -1.08. The number of carboxylic acid groups (broad SMARTS) is 1. The number of rotatable bonds is 4. The van der Waals surface area contributed by atoms with Gasteiger partial charge in [0.2, 0.25) is 0 Å². The van der Waals surface area contributed by atoms with Crippen LogP contribution in [0.3, 0.4) is 0 Å². The zero-order valence-corrected chi connectivity index (χ0v) is 10.2. The number of carbonyl (C=O) groups excluding carboxylic acids is 1. The predicted octanol–water partition coefficient (Wildman–Crippen LogP) is 0.443. The topological polar surface area (TPSA) is 97.1 Å². The molecule has 0 saturated heterocycles. The van der Waals surface area contributed by atoms with Gasteiger partial charge in [-0.05, 0) is 11.6 Å². The molecule has 19 heavy (non-hydrogen) atoms. The normalized spacial score (nSPS) is 10.2. The van der Waals surface area contributed by atoms with E-state index in [0.717, 1.165) is 5.56 Å². The lowest BCUT2D eigenvalue weighted by molar-refractivity contribution is 0.0690. The lowest BCUT2D eigenvalue weighted by atomic mass is 10.2. The Morgan fingerprint density at radius 1 is 1.37 bits per heavy atom. The van der Waals surface area contributed by atoms with Crippen molar-refractivity contribution in [2.24, 2.45) is 7.05 Å². The van der Waals surface area contributed by atoms with Crippen LogP contribution >= 0.6 is 0 Å². The summed E-state index contributed by atoms with van der Waals surface area (Å²) < 4.78 is 1.61. The van der Waals surface area contributed by atoms with E-state index < -0.39 is 5.97 Å². The van der Waals surface area contributed by atoms with Crippen LogP contribution in [0.25, 0.3) is 0 Å². The molecule has 0 fully saturated rings. The first-order valence-electron chi connectivity index (χ1n) is 5.50. The molecule has 2 heterocycles. The third-order valence-electron chi connectivity index (χ3n) is 2.55. The number of hydrogen-bond donors (Lipinski definition) is 2. The SMILES string of the molecule is Cn1cncc1C(=O)NCc1ccc(C(=O)O)nc1. The molecule has 2 aromatic heterocycles. The van der Waals surface area contributed by atoms with Crippen LogP contribution in [-0.4, -0.2) is 31.5 Å². The largest absolute Gasteiger partial charge is 0.477 e. The number of aromatic carboxylic acids is 1. The standard InChI is InChI=1S/C12H12N4O3/c1-16-7-13-6-10(16)11(17)15-5-8-2-3-9(12(18)19)14-4-8/h2-4,6-7H,5H2,1H3,(H,15,17)(H,18,19). The molecule has 0 radical (unpaired) electrons. The van der Waals surface area contributed by atoms with E-state index in [1.165, 1.54) is 24.8 Å². The Morgan fingerprint density at radius 3 is 2.68 bits per heavy atom. The summed E-state index contributed by atoms with van der Waals surface area (Å²) in [5, 5.41) is 11.4. The molecule has 0 saturated carbocycles. The van der Waals surface area contributed by atoms with Crippen molar-refractivity contribution in [2.75, 3.05) is 0 Å². The molecule has 0 aliphatic carbocycles. The zero-order valence-electron chi connectivity index (χ0n) is 10.2. The molecule has 98 valence electrons. The fourth-order valence-corrected chi connectivity index (χ4v) is 1.50. The van der Waals surface area contributed by atoms with E-state index in [-0.39, 0.29) is 18.1 Å². The molecule has 7 nitrogen and oxygen atoms in total. The van der Waals surface area contributed by atoms with Crippen molar-refractivity contribution >= 4 is 11.9 Å². The van der Waals surface area contributed by atoms with Crippen LogP contribution < -0.4 is 5.32 Å². The third kappa shape index (κ3) is 2.95. The minimum Gasteiger partial charge on any atom is -0.477 e. The fourth-order valence-electron chi connectivity index (χ4n) is 1.50. The molecule has 0 bridgehead atoms. The number of carbonyl (C=O) groups is 2. The number of nitrogens with one attached hydrogen (secondary N) is 1. The van der Waals surface area contributed by atoms with Crippen molar-refractivity contribution in [3.05, 3.63) is 47.8 Å². The Labute approximate surface area is 108 Å². The number of amides is 1. The van der Waals surface area contributed by atoms with E-state index in [2.05, 4.69) is 15.3 Å². The highest BCUT2D eigenvalue weighted by Gasteiger charge is 2.09. The molecule has 2 rings (SSSR count). The van der Waals surface area contributed by atoms with Gasteiger partial charge in [0, 0.05) is 19.8 Å². The molecule has 0 aromatic carbocycles. The molecule has 7 heteroatoms. The molecular formula is C12H12N4O3. The van der Waals surface area contributed by atoms with Gasteiger partial charge >= 0.3 is 5.97 Å². The average molecular weight is 260 g/mol. The van der Waals surface area contributed by atoms with Gasteiger partial charge in [-0.3, -0.25) is 4.79 Å². The Kier molecular flexibility index (Phi) is 3.56. The first-order valence-corrected chi connectivity index (χ1v) is 5.50. The second-order valence-electron chi connectivity index (χ2n) is 3.93. The second kappa shape index (κ2) is 5.30. The lowest BCUT2D eigenvalue weighted by Gasteiger charge is -2.05. The maximum absolute atomic E-state index is 11.8. The number of pyridine rings is 1. The van der Waals surface area contributed by atoms with Crippen molar-refractivity contribution in [1.82, 2.24) is 19.9 Å². The van der Waals surface area contributed by atoms with Crippen molar-refractivity contribution in [1.29, 1.82) is 0 Å². The maximum Gasteiger partial charge on any atom is 0.354 e. The van der Waals surface area contributed by atoms with Gasteiger partial charge in [-0.25, -0.2) is 14.8 Å². The molecular weight excluding hydrogens is 248 g/mol. The highest BCUT2D eigenvalue weighted by atomic mass is 16.4. The number of hydrogen-bond acceptors (Lipinski definition) is 4. The van der Waals surface area contributed by atoms with Gasteiger partial charge < -0.3 is 15.0 Å². The molecule has 1 amide bonds. The van der Waals surface area contributed by atoms with Gasteiger partial charge in [0.15, 0.2) is 0 Å². The zero-order chi connectivity index (χ0) is 13.8. The van der Waals surface area contributed by atoms with E-state index in [9.17, 15) is 9.59 Å². The number of carboxylic acids is 1. The number of aryl methyl sites for hydroxylation is 1. The molecule has 0 spiro atoms. The van der Waals surface area contributed by atoms with Crippen LogP contribution in [-0.2, 0) is 13.6 Å². The molecule has 0 atom stereocenters. The highest BCUT2D eigenvalue weighted by molar-refractivity contribution is 5.92. The van der Waals surface area contributed by atoms with Crippen molar-refractivity contribution < 1.29 is 14.7 Å². The number of aromatic nitrogens is 3. The maximum atomic E-state index is 11.8. The Morgan fingerprint density at radius 2 is 2.16 bits per heavy atom. The fraction of sp³-hybridized carbons (Fsp3) is 0.167. The van der Waals surface area contributed by atoms with Gasteiger partial charge in [0.05, 0.1) is 12.5 Å². The van der Waals surface area contributed by atoms with Crippen LogP contribution in [0.4, 0.5) is 0 Å². The van der Waals surface area contributed by atoms with Gasteiger partial charge in [0.1, 0.15) is 11.4 Å². The van der Waals surface area contributed by atoms with Gasteiger partial charge in [-0.15, -0.1) is 0 Å². The van der Waals surface area contributed by atoms with Gasteiger partial charge in [-0.1, -0.05) is 6.07 Å². The van der Waals surface area contributed by atoms with Crippen LogP contribution in [0.5, 0.6) is 0 Å². The second-order valence-corrected chi connectivity index (χ2v) is 3.93. The van der Waals surface area contributed by atoms with Crippen molar-refractivity contribution in [3.8, 4) is 0 Å². The lowest BCUT2D eigenvalue weighted by Crippen LogP contribution is -2.24. The van der Waals surface area contributed by atoms with Crippen LogP contribution in [0, 0.1) is 0 Å². The predicted molar refractivity (Wildman–Crippen MR) is 65.6 cm³/mol. The molecule has 2 N–H and O–H groups in total. The van der Waals surface area contributed by atoms with Crippen LogP contribution in [0.1, 0.15) is 26.5 Å². The van der Waals surface area contributed by atoms with Crippen LogP contribution in [0.2, 0.25) is 0 Å². The van der Waals surface area contributed by atoms with Crippen LogP contribution in [0.15, 0.2) is 30.9 Å². The summed E-state index contributed by atoms with van der Waals surface area (Å²) in [5.74, 6) is -1.33. The molecule has 0 aliphatic heterocycles. The Balaban J connectivity index is 1.97. The van der Waals surface area contributed by atoms with E-state index in [4.69, 9.17) is 5.11 Å². The molecule has 0 aliphatic rings. The van der Waals surface area contributed by atoms with E-state index in [1.54, 1.807) is 17.7 Å².